The topological polar surface area (TPSA) is 97.3 Å². The lowest BCUT2D eigenvalue weighted by molar-refractivity contribution is 0.369. The predicted molar refractivity (Wildman–Crippen MR) is 116 cm³/mol. The Kier molecular flexibility index (Phi) is 9.44. The fourth-order valence-corrected chi connectivity index (χ4v) is 3.28. The number of nitrogens with zero attached hydrogens (tertiary/aromatic N) is 3. The molecule has 1 aromatic carbocycles. The van der Waals surface area contributed by atoms with Crippen LogP contribution < -0.4 is 14.9 Å². The first-order valence-corrected chi connectivity index (χ1v) is 10.2. The van der Waals surface area contributed by atoms with E-state index in [1.54, 1.807) is 13.1 Å². The molecule has 10 heteroatoms. The Bertz CT molecular complexity index is 691. The summed E-state index contributed by atoms with van der Waals surface area (Å²) in [4.78, 5) is 8.63. The zero-order valence-electron chi connectivity index (χ0n) is 15.2. The minimum absolute atomic E-state index is 0. The molecule has 26 heavy (non-hydrogen) atoms. The van der Waals surface area contributed by atoms with Gasteiger partial charge in [0.05, 0.1) is 11.9 Å². The number of hydrogen-bond acceptors (Lipinski definition) is 5. The number of aliphatic imine (C=N–C) groups is 1. The summed E-state index contributed by atoms with van der Waals surface area (Å²) >= 11 is 0. The molecule has 1 aliphatic rings. The van der Waals surface area contributed by atoms with Crippen LogP contribution in [0.15, 0.2) is 29.3 Å². The molecule has 0 atom stereocenters. The Morgan fingerprint density at radius 2 is 1.85 bits per heavy atom. The van der Waals surface area contributed by atoms with Crippen LogP contribution in [0.2, 0.25) is 0 Å². The molecule has 0 unspecified atom stereocenters. The highest BCUT2D eigenvalue weighted by Crippen LogP contribution is 2.27. The second kappa shape index (κ2) is 10.8. The van der Waals surface area contributed by atoms with Crippen LogP contribution in [-0.4, -0.2) is 77.0 Å². The van der Waals surface area contributed by atoms with E-state index in [0.29, 0.717) is 25.3 Å². The fraction of sp³-hybridized carbons (Fsp3) is 0.562. The van der Waals surface area contributed by atoms with Gasteiger partial charge in [-0.3, -0.25) is 4.99 Å². The highest BCUT2D eigenvalue weighted by Gasteiger charge is 2.21. The molecule has 3 N–H and O–H groups in total. The van der Waals surface area contributed by atoms with E-state index in [0.717, 1.165) is 44.1 Å². The van der Waals surface area contributed by atoms with E-state index in [2.05, 4.69) is 24.8 Å². The van der Waals surface area contributed by atoms with E-state index in [-0.39, 0.29) is 24.0 Å². The monoisotopic (exact) mass is 497 g/mol. The lowest BCUT2D eigenvalue weighted by Gasteiger charge is -2.37. The van der Waals surface area contributed by atoms with Gasteiger partial charge in [0.25, 0.3) is 0 Å². The summed E-state index contributed by atoms with van der Waals surface area (Å²) in [5.74, 6) is 1.12. The number of sulfonamides is 1. The average molecular weight is 497 g/mol. The van der Waals surface area contributed by atoms with Gasteiger partial charge in [0.1, 0.15) is 5.75 Å². The van der Waals surface area contributed by atoms with Crippen LogP contribution >= 0.6 is 24.0 Å². The highest BCUT2D eigenvalue weighted by atomic mass is 127. The zero-order valence-corrected chi connectivity index (χ0v) is 18.3. The van der Waals surface area contributed by atoms with Gasteiger partial charge in [-0.15, -0.1) is 24.0 Å². The largest absolute Gasteiger partial charge is 0.506 e. The van der Waals surface area contributed by atoms with Crippen LogP contribution in [0.1, 0.15) is 6.42 Å². The third-order valence-corrected chi connectivity index (χ3v) is 4.74. The molecular formula is C16H28IN5O3S. The molecule has 1 saturated heterocycles. The van der Waals surface area contributed by atoms with Crippen molar-refractivity contribution < 1.29 is 13.5 Å². The van der Waals surface area contributed by atoms with Crippen LogP contribution in [-0.2, 0) is 10.0 Å². The lowest BCUT2D eigenvalue weighted by atomic mass is 10.2. The van der Waals surface area contributed by atoms with E-state index < -0.39 is 10.0 Å². The Morgan fingerprint density at radius 1 is 1.19 bits per heavy atom. The van der Waals surface area contributed by atoms with Crippen LogP contribution in [0.3, 0.4) is 0 Å². The summed E-state index contributed by atoms with van der Waals surface area (Å²) in [5.41, 5.74) is 0.858. The SMILES string of the molecule is CN=C(NCCCNS(C)(=O)=O)N1CCN(c2ccccc2O)CC1.I. The van der Waals surface area contributed by atoms with Crippen molar-refractivity contribution in [3.05, 3.63) is 24.3 Å². The maximum absolute atomic E-state index is 11.0. The third-order valence-electron chi connectivity index (χ3n) is 4.01. The minimum atomic E-state index is -3.13. The maximum Gasteiger partial charge on any atom is 0.208 e. The van der Waals surface area contributed by atoms with Gasteiger partial charge in [-0.05, 0) is 18.6 Å². The molecule has 148 valence electrons. The van der Waals surface area contributed by atoms with Gasteiger partial charge in [0, 0.05) is 46.3 Å². The number of phenols is 1. The molecule has 0 aromatic heterocycles. The zero-order chi connectivity index (χ0) is 18.3. The van der Waals surface area contributed by atoms with Gasteiger partial charge in [0.15, 0.2) is 5.96 Å². The molecule has 0 radical (unpaired) electrons. The van der Waals surface area contributed by atoms with Crippen molar-refractivity contribution in [2.45, 2.75) is 6.42 Å². The van der Waals surface area contributed by atoms with E-state index in [9.17, 15) is 13.5 Å². The number of aromatic hydroxyl groups is 1. The van der Waals surface area contributed by atoms with E-state index in [1.807, 2.05) is 18.2 Å². The Morgan fingerprint density at radius 3 is 2.42 bits per heavy atom. The molecule has 0 saturated carbocycles. The first-order chi connectivity index (χ1) is 11.9. The van der Waals surface area contributed by atoms with Crippen LogP contribution in [0, 0.1) is 0 Å². The van der Waals surface area contributed by atoms with Crippen molar-refractivity contribution >= 4 is 45.6 Å². The maximum atomic E-state index is 11.0. The van der Waals surface area contributed by atoms with Crippen LogP contribution in [0.5, 0.6) is 5.75 Å². The summed E-state index contributed by atoms with van der Waals surface area (Å²) < 4.78 is 24.5. The van der Waals surface area contributed by atoms with Crippen molar-refractivity contribution in [1.29, 1.82) is 0 Å². The van der Waals surface area contributed by atoms with E-state index in [1.165, 1.54) is 0 Å². The molecule has 1 aliphatic heterocycles. The number of guanidine groups is 1. The van der Waals surface area contributed by atoms with Gasteiger partial charge in [-0.1, -0.05) is 12.1 Å². The molecule has 0 bridgehead atoms. The van der Waals surface area contributed by atoms with E-state index >= 15 is 0 Å². The summed E-state index contributed by atoms with van der Waals surface area (Å²) in [7, 11) is -1.39. The average Bonchev–Trinajstić information content (AvgIpc) is 2.58. The van der Waals surface area contributed by atoms with Crippen molar-refractivity contribution in [2.75, 3.05) is 57.5 Å². The third kappa shape index (κ3) is 7.16. The summed E-state index contributed by atoms with van der Waals surface area (Å²) in [5, 5.41) is 13.2. The van der Waals surface area contributed by atoms with Crippen LogP contribution in [0.4, 0.5) is 5.69 Å². The number of halogens is 1. The molecule has 8 nitrogen and oxygen atoms in total. The minimum Gasteiger partial charge on any atom is -0.506 e. The quantitative estimate of drug-likeness (QED) is 0.231. The van der Waals surface area contributed by atoms with Crippen molar-refractivity contribution in [2.24, 2.45) is 4.99 Å². The Balaban J connectivity index is 0.00000338. The normalized spacial score (nSPS) is 15.5. The molecular weight excluding hydrogens is 469 g/mol. The molecule has 1 heterocycles. The number of nitrogens with one attached hydrogen (secondary N) is 2. The summed E-state index contributed by atoms with van der Waals surface area (Å²) in [6.45, 7) is 4.26. The molecule has 0 spiro atoms. The van der Waals surface area contributed by atoms with Crippen LogP contribution in [0.25, 0.3) is 0 Å². The first-order valence-electron chi connectivity index (χ1n) is 8.34. The van der Waals surface area contributed by atoms with E-state index in [4.69, 9.17) is 0 Å². The second-order valence-corrected chi connectivity index (χ2v) is 7.79. The number of anilines is 1. The smallest absolute Gasteiger partial charge is 0.208 e. The van der Waals surface area contributed by atoms with Gasteiger partial charge >= 0.3 is 0 Å². The fourth-order valence-electron chi connectivity index (χ4n) is 2.77. The standard InChI is InChI=1S/C16H27N5O3S.HI/c1-17-16(18-8-5-9-19-25(2,23)24)21-12-10-20(11-13-21)14-6-3-4-7-15(14)22;/h3-4,6-7,19,22H,5,8-13H2,1-2H3,(H,17,18);1H. The van der Waals surface area contributed by atoms with Gasteiger partial charge in [-0.2, -0.15) is 0 Å². The second-order valence-electron chi connectivity index (χ2n) is 5.96. The van der Waals surface area contributed by atoms with Gasteiger partial charge in [0.2, 0.25) is 10.0 Å². The summed E-state index contributed by atoms with van der Waals surface area (Å²) in [6.07, 6.45) is 1.84. The summed E-state index contributed by atoms with van der Waals surface area (Å²) in [6, 6.07) is 7.37. The number of para-hydroxylation sites is 2. The molecule has 2 rings (SSSR count). The highest BCUT2D eigenvalue weighted by molar-refractivity contribution is 14.0. The predicted octanol–water partition coefficient (Wildman–Crippen LogP) is 0.647. The van der Waals surface area contributed by atoms with Crippen molar-refractivity contribution in [3.63, 3.8) is 0 Å². The molecule has 1 aromatic rings. The molecule has 0 amide bonds. The van der Waals surface area contributed by atoms with Gasteiger partial charge < -0.3 is 20.2 Å². The number of rotatable bonds is 6. The lowest BCUT2D eigenvalue weighted by Crippen LogP contribution is -2.52. The number of hydrogen-bond donors (Lipinski definition) is 3. The number of benzene rings is 1. The Hall–Kier alpha value is -1.27. The first kappa shape index (κ1) is 22.8. The Labute approximate surface area is 172 Å². The number of piperazine rings is 1. The van der Waals surface area contributed by atoms with Crippen molar-refractivity contribution in [3.8, 4) is 5.75 Å². The molecule has 0 aliphatic carbocycles. The molecule has 1 fully saturated rings. The van der Waals surface area contributed by atoms with Gasteiger partial charge in [-0.25, -0.2) is 13.1 Å². The number of phenolic OH excluding ortho intramolecular Hbond substituents is 1. The van der Waals surface area contributed by atoms with Crippen molar-refractivity contribution in [1.82, 2.24) is 14.9 Å².